The van der Waals surface area contributed by atoms with Crippen molar-refractivity contribution in [3.63, 3.8) is 0 Å². The molecule has 0 aliphatic rings. The van der Waals surface area contributed by atoms with E-state index in [1.54, 1.807) is 0 Å². The lowest BCUT2D eigenvalue weighted by molar-refractivity contribution is -0.122. The minimum Gasteiger partial charge on any atom is -0.394 e. The first kappa shape index (κ1) is 17.5. The highest BCUT2D eigenvalue weighted by Gasteiger charge is 2.14. The van der Waals surface area contributed by atoms with E-state index in [9.17, 15) is 4.79 Å². The molecule has 0 radical (unpaired) electrons. The zero-order chi connectivity index (χ0) is 13.6. The first-order chi connectivity index (χ1) is 8.76. The van der Waals surface area contributed by atoms with Crippen LogP contribution in [0.15, 0.2) is 0 Å². The molecular formula is C13H27NO4. The Labute approximate surface area is 110 Å². The van der Waals surface area contributed by atoms with Gasteiger partial charge in [-0.3, -0.25) is 4.79 Å². The average Bonchev–Trinajstić information content (AvgIpc) is 2.38. The van der Waals surface area contributed by atoms with Crippen LogP contribution in [0.4, 0.5) is 0 Å². The summed E-state index contributed by atoms with van der Waals surface area (Å²) in [5.74, 6) is 0.0465. The molecule has 18 heavy (non-hydrogen) atoms. The Morgan fingerprint density at radius 2 is 1.83 bits per heavy atom. The number of rotatable bonds is 13. The van der Waals surface area contributed by atoms with Gasteiger partial charge in [-0.15, -0.1) is 0 Å². The van der Waals surface area contributed by atoms with Crippen LogP contribution in [0, 0.1) is 0 Å². The Morgan fingerprint density at radius 3 is 2.39 bits per heavy atom. The molecule has 0 rings (SSSR count). The zero-order valence-electron chi connectivity index (χ0n) is 11.6. The summed E-state index contributed by atoms with van der Waals surface area (Å²) in [7, 11) is 0. The van der Waals surface area contributed by atoms with Gasteiger partial charge < -0.3 is 19.9 Å². The second kappa shape index (κ2) is 13.0. The van der Waals surface area contributed by atoms with E-state index >= 15 is 0 Å². The van der Waals surface area contributed by atoms with Crippen LogP contribution in [0.25, 0.3) is 0 Å². The molecule has 0 bridgehead atoms. The van der Waals surface area contributed by atoms with E-state index in [0.29, 0.717) is 39.2 Å². The van der Waals surface area contributed by atoms with Crippen molar-refractivity contribution in [1.82, 2.24) is 5.32 Å². The summed E-state index contributed by atoms with van der Waals surface area (Å²) < 4.78 is 10.6. The molecule has 0 aliphatic carbocycles. The van der Waals surface area contributed by atoms with E-state index in [4.69, 9.17) is 14.6 Å². The number of carbonyl (C=O) groups is 1. The Bertz CT molecular complexity index is 199. The number of hydrogen-bond acceptors (Lipinski definition) is 5. The van der Waals surface area contributed by atoms with Crippen molar-refractivity contribution >= 4 is 5.78 Å². The van der Waals surface area contributed by atoms with Gasteiger partial charge in [-0.25, -0.2) is 0 Å². The van der Waals surface area contributed by atoms with Crippen LogP contribution in [-0.2, 0) is 14.3 Å². The number of carbonyl (C=O) groups excluding carboxylic acids is 1. The number of ether oxygens (including phenoxy) is 2. The summed E-state index contributed by atoms with van der Waals surface area (Å²) in [6.45, 7) is 7.03. The lowest BCUT2D eigenvalue weighted by Crippen LogP contribution is -2.39. The number of ketones is 1. The van der Waals surface area contributed by atoms with Gasteiger partial charge in [0.2, 0.25) is 0 Å². The van der Waals surface area contributed by atoms with E-state index in [2.05, 4.69) is 12.2 Å². The van der Waals surface area contributed by atoms with Crippen molar-refractivity contribution in [3.05, 3.63) is 0 Å². The first-order valence-corrected chi connectivity index (χ1v) is 6.78. The lowest BCUT2D eigenvalue weighted by atomic mass is 10.1. The Hall–Kier alpha value is -0.490. The average molecular weight is 261 g/mol. The molecule has 0 aromatic rings. The van der Waals surface area contributed by atoms with Gasteiger partial charge in [0.05, 0.1) is 25.9 Å². The molecule has 0 unspecified atom stereocenters. The van der Waals surface area contributed by atoms with Crippen LogP contribution in [0.2, 0.25) is 0 Å². The minimum absolute atomic E-state index is 0.0465. The van der Waals surface area contributed by atoms with Gasteiger partial charge in [-0.1, -0.05) is 13.8 Å². The third-order valence-corrected chi connectivity index (χ3v) is 2.45. The quantitative estimate of drug-likeness (QED) is 0.479. The SMILES string of the molecule is CCCOCCOCCCC(=O)[C@@H](CO)NCC. The maximum Gasteiger partial charge on any atom is 0.152 e. The van der Waals surface area contributed by atoms with Crippen molar-refractivity contribution in [2.45, 2.75) is 39.2 Å². The van der Waals surface area contributed by atoms with Crippen LogP contribution >= 0.6 is 0 Å². The monoisotopic (exact) mass is 261 g/mol. The number of nitrogens with one attached hydrogen (secondary N) is 1. The van der Waals surface area contributed by atoms with E-state index in [0.717, 1.165) is 13.0 Å². The Morgan fingerprint density at radius 1 is 1.17 bits per heavy atom. The number of aliphatic hydroxyl groups excluding tert-OH is 1. The molecule has 5 heteroatoms. The summed E-state index contributed by atoms with van der Waals surface area (Å²) >= 11 is 0. The Kier molecular flexibility index (Phi) is 12.6. The molecule has 0 fully saturated rings. The highest BCUT2D eigenvalue weighted by atomic mass is 16.5. The number of aliphatic hydroxyl groups is 1. The molecule has 0 aromatic carbocycles. The Balaban J connectivity index is 3.39. The summed E-state index contributed by atoms with van der Waals surface area (Å²) in [5, 5.41) is 12.0. The normalized spacial score (nSPS) is 12.6. The number of likely N-dealkylation sites (N-methyl/N-ethyl adjacent to an activating group) is 1. The minimum atomic E-state index is -0.428. The van der Waals surface area contributed by atoms with Crippen LogP contribution < -0.4 is 5.32 Å². The number of hydrogen-bond donors (Lipinski definition) is 2. The maximum atomic E-state index is 11.6. The molecule has 0 heterocycles. The van der Waals surface area contributed by atoms with Gasteiger partial charge in [0.25, 0.3) is 0 Å². The molecule has 0 saturated heterocycles. The highest BCUT2D eigenvalue weighted by Crippen LogP contribution is 1.97. The van der Waals surface area contributed by atoms with E-state index in [1.807, 2.05) is 6.92 Å². The van der Waals surface area contributed by atoms with E-state index in [1.165, 1.54) is 0 Å². The lowest BCUT2D eigenvalue weighted by Gasteiger charge is -2.13. The molecule has 5 nitrogen and oxygen atoms in total. The van der Waals surface area contributed by atoms with Crippen molar-refractivity contribution in [1.29, 1.82) is 0 Å². The van der Waals surface area contributed by atoms with E-state index in [-0.39, 0.29) is 12.4 Å². The topological polar surface area (TPSA) is 67.8 Å². The standard InChI is InChI=1S/C13H27NO4/c1-3-7-17-9-10-18-8-5-6-13(16)12(11-15)14-4-2/h12,14-15H,3-11H2,1-2H3/t12-/m1/s1. The van der Waals surface area contributed by atoms with Gasteiger partial charge in [0.1, 0.15) is 0 Å². The van der Waals surface area contributed by atoms with Crippen molar-refractivity contribution < 1.29 is 19.4 Å². The largest absolute Gasteiger partial charge is 0.394 e. The van der Waals surface area contributed by atoms with Crippen LogP contribution in [-0.4, -0.2) is 56.5 Å². The summed E-state index contributed by atoms with van der Waals surface area (Å²) in [6.07, 6.45) is 2.14. The van der Waals surface area contributed by atoms with Crippen LogP contribution in [0.5, 0.6) is 0 Å². The first-order valence-electron chi connectivity index (χ1n) is 6.78. The summed E-state index contributed by atoms with van der Waals surface area (Å²) in [4.78, 5) is 11.6. The second-order valence-corrected chi connectivity index (χ2v) is 4.09. The van der Waals surface area contributed by atoms with Gasteiger partial charge >= 0.3 is 0 Å². The molecule has 2 N–H and O–H groups in total. The molecule has 0 aromatic heterocycles. The van der Waals surface area contributed by atoms with Crippen LogP contribution in [0.3, 0.4) is 0 Å². The van der Waals surface area contributed by atoms with Crippen molar-refractivity contribution in [3.8, 4) is 0 Å². The molecule has 1 atom stereocenters. The predicted octanol–water partition coefficient (Wildman–Crippen LogP) is 0.749. The third kappa shape index (κ3) is 9.53. The smallest absolute Gasteiger partial charge is 0.152 e. The van der Waals surface area contributed by atoms with Gasteiger partial charge in [0, 0.05) is 19.6 Å². The fourth-order valence-corrected chi connectivity index (χ4v) is 1.52. The van der Waals surface area contributed by atoms with Gasteiger partial charge in [-0.05, 0) is 19.4 Å². The third-order valence-electron chi connectivity index (χ3n) is 2.45. The zero-order valence-corrected chi connectivity index (χ0v) is 11.6. The van der Waals surface area contributed by atoms with Gasteiger partial charge in [0.15, 0.2) is 5.78 Å². The highest BCUT2D eigenvalue weighted by molar-refractivity contribution is 5.84. The van der Waals surface area contributed by atoms with Crippen molar-refractivity contribution in [2.75, 3.05) is 39.6 Å². The molecule has 108 valence electrons. The second-order valence-electron chi connectivity index (χ2n) is 4.09. The predicted molar refractivity (Wildman–Crippen MR) is 70.7 cm³/mol. The van der Waals surface area contributed by atoms with Gasteiger partial charge in [-0.2, -0.15) is 0 Å². The molecule has 0 saturated carbocycles. The van der Waals surface area contributed by atoms with E-state index < -0.39 is 6.04 Å². The molecule has 0 aliphatic heterocycles. The number of Topliss-reactive ketones (excluding diaryl/α,β-unsaturated/α-hetero) is 1. The molecule has 0 amide bonds. The maximum absolute atomic E-state index is 11.6. The molecular weight excluding hydrogens is 234 g/mol. The fraction of sp³-hybridized carbons (Fsp3) is 0.923. The fourth-order valence-electron chi connectivity index (χ4n) is 1.52. The molecule has 0 spiro atoms. The van der Waals surface area contributed by atoms with Crippen LogP contribution in [0.1, 0.15) is 33.1 Å². The summed E-state index contributed by atoms with van der Waals surface area (Å²) in [5.41, 5.74) is 0. The summed E-state index contributed by atoms with van der Waals surface area (Å²) in [6, 6.07) is -0.428. The van der Waals surface area contributed by atoms with Crippen molar-refractivity contribution in [2.24, 2.45) is 0 Å².